The fourth-order valence-electron chi connectivity index (χ4n) is 0.758. The van der Waals surface area contributed by atoms with Gasteiger partial charge in [0, 0.05) is 12.1 Å². The smallest absolute Gasteiger partial charge is 0.320 e. The summed E-state index contributed by atoms with van der Waals surface area (Å²) in [6.45, 7) is 1.42. The number of carboxylic acid groups (broad SMARTS) is 1. The number of carboxylic acids is 1. The summed E-state index contributed by atoms with van der Waals surface area (Å²) in [4.78, 5) is 18.6. The molecule has 0 aliphatic carbocycles. The third kappa shape index (κ3) is 6.45. The molecule has 106 valence electrons. The second-order valence-electron chi connectivity index (χ2n) is 3.36. The van der Waals surface area contributed by atoms with Gasteiger partial charge in [-0.05, 0) is 13.0 Å². The molecule has 0 saturated carbocycles. The van der Waals surface area contributed by atoms with Gasteiger partial charge in [0.25, 0.3) is 15.8 Å². The highest BCUT2D eigenvalue weighted by atomic mass is 32.2. The monoisotopic (exact) mass is 292 g/mol. The van der Waals surface area contributed by atoms with Crippen molar-refractivity contribution in [1.29, 1.82) is 0 Å². The first-order valence-corrected chi connectivity index (χ1v) is 6.20. The highest BCUT2D eigenvalue weighted by Crippen LogP contribution is 2.16. The fourth-order valence-corrected chi connectivity index (χ4v) is 1.28. The number of nitrogens with two attached hydrogens (primary N) is 1. The van der Waals surface area contributed by atoms with E-state index in [1.54, 1.807) is 0 Å². The summed E-state index contributed by atoms with van der Waals surface area (Å²) in [5, 5.41) is 18.1. The lowest BCUT2D eigenvalue weighted by molar-refractivity contribution is -0.385. The van der Waals surface area contributed by atoms with Crippen LogP contribution in [0.25, 0.3) is 0 Å². The van der Waals surface area contributed by atoms with Crippen LogP contribution in [-0.4, -0.2) is 35.0 Å². The lowest BCUT2D eigenvalue weighted by Crippen LogP contribution is -2.25. The van der Waals surface area contributed by atoms with Gasteiger partial charge in [0.15, 0.2) is 0 Å². The molecule has 0 unspecified atom stereocenters. The minimum atomic E-state index is -4.36. The van der Waals surface area contributed by atoms with Crippen molar-refractivity contribution in [3.63, 3.8) is 0 Å². The van der Waals surface area contributed by atoms with Gasteiger partial charge in [0.2, 0.25) is 0 Å². The van der Waals surface area contributed by atoms with E-state index in [1.165, 1.54) is 13.0 Å². The Morgan fingerprint density at radius 3 is 2.26 bits per heavy atom. The normalized spacial score (nSPS) is 11.9. The predicted molar refractivity (Wildman–Crippen MR) is 64.2 cm³/mol. The molecule has 1 rings (SSSR count). The number of nitro benzene ring substituents is 1. The Morgan fingerprint density at radius 1 is 1.47 bits per heavy atom. The molecule has 1 atom stereocenters. The zero-order chi connectivity index (χ0) is 15.2. The molecule has 0 aromatic heterocycles. The zero-order valence-electron chi connectivity index (χ0n) is 9.76. The largest absolute Gasteiger partial charge is 0.480 e. The van der Waals surface area contributed by atoms with Crippen molar-refractivity contribution in [2.24, 2.45) is 5.73 Å². The van der Waals surface area contributed by atoms with E-state index in [0.717, 1.165) is 18.2 Å². The standard InChI is InChI=1S/C6H5NO5S.C3H7NO2/c8-7(9)5-2-1-3-6(4-5)13(10,11)12;1-2(4)3(5)6/h1-4H,(H,10,11,12);2H,4H2,1H3,(H,5,6)/t;2-/m.0/s1. The first-order chi connectivity index (χ1) is 8.55. The average molecular weight is 292 g/mol. The molecule has 0 aliphatic rings. The summed E-state index contributed by atoms with van der Waals surface area (Å²) in [6.07, 6.45) is 0. The number of hydrogen-bond acceptors (Lipinski definition) is 6. The molecule has 1 aromatic rings. The van der Waals surface area contributed by atoms with Crippen LogP contribution in [-0.2, 0) is 14.9 Å². The first kappa shape index (κ1) is 17.0. The van der Waals surface area contributed by atoms with Crippen LogP contribution in [0, 0.1) is 10.1 Å². The lowest BCUT2D eigenvalue weighted by Gasteiger charge is -1.95. The highest BCUT2D eigenvalue weighted by Gasteiger charge is 2.13. The lowest BCUT2D eigenvalue weighted by atomic mass is 10.3. The summed E-state index contributed by atoms with van der Waals surface area (Å²) >= 11 is 0. The van der Waals surface area contributed by atoms with Crippen LogP contribution in [0.4, 0.5) is 5.69 Å². The molecule has 10 heteroatoms. The summed E-state index contributed by atoms with van der Waals surface area (Å²) in [5.74, 6) is -0.963. The van der Waals surface area contributed by atoms with E-state index in [9.17, 15) is 23.3 Å². The second-order valence-corrected chi connectivity index (χ2v) is 4.78. The Hall–Kier alpha value is -2.04. The number of rotatable bonds is 3. The van der Waals surface area contributed by atoms with E-state index >= 15 is 0 Å². The maximum absolute atomic E-state index is 10.5. The fraction of sp³-hybridized carbons (Fsp3) is 0.222. The molecular weight excluding hydrogens is 280 g/mol. The van der Waals surface area contributed by atoms with Crippen molar-refractivity contribution >= 4 is 21.8 Å². The molecule has 9 nitrogen and oxygen atoms in total. The molecule has 0 saturated heterocycles. The SMILES string of the molecule is C[C@H](N)C(=O)O.O=[N+]([O-])c1cccc(S(=O)(=O)O)c1. The summed E-state index contributed by atoms with van der Waals surface area (Å²) in [5.41, 5.74) is 4.46. The van der Waals surface area contributed by atoms with Crippen LogP contribution in [0.1, 0.15) is 6.92 Å². The molecule has 0 bridgehead atoms. The molecule has 0 aliphatic heterocycles. The Morgan fingerprint density at radius 2 is 1.95 bits per heavy atom. The van der Waals surface area contributed by atoms with Crippen molar-refractivity contribution in [3.05, 3.63) is 34.4 Å². The molecule has 1 aromatic carbocycles. The number of aliphatic carboxylic acids is 1. The number of benzene rings is 1. The summed E-state index contributed by atoms with van der Waals surface area (Å²) < 4.78 is 29.6. The molecule has 0 radical (unpaired) electrons. The van der Waals surface area contributed by atoms with Gasteiger partial charge >= 0.3 is 5.97 Å². The van der Waals surface area contributed by atoms with Crippen LogP contribution in [0.15, 0.2) is 29.2 Å². The molecular formula is C9H12N2O7S. The number of hydrogen-bond donors (Lipinski definition) is 3. The molecule has 0 heterocycles. The number of carbonyl (C=O) groups is 1. The van der Waals surface area contributed by atoms with E-state index < -0.39 is 31.9 Å². The molecule has 4 N–H and O–H groups in total. The van der Waals surface area contributed by atoms with Gasteiger partial charge in [-0.2, -0.15) is 8.42 Å². The Kier molecular flexibility index (Phi) is 6.05. The Balaban J connectivity index is 0.000000459. The van der Waals surface area contributed by atoms with Crippen LogP contribution in [0.5, 0.6) is 0 Å². The van der Waals surface area contributed by atoms with Crippen LogP contribution in [0.2, 0.25) is 0 Å². The molecule has 19 heavy (non-hydrogen) atoms. The second kappa shape index (κ2) is 6.78. The maximum atomic E-state index is 10.5. The van der Waals surface area contributed by atoms with E-state index in [1.807, 2.05) is 0 Å². The average Bonchev–Trinajstić information content (AvgIpc) is 2.28. The van der Waals surface area contributed by atoms with E-state index in [-0.39, 0.29) is 5.69 Å². The molecule has 0 amide bonds. The van der Waals surface area contributed by atoms with E-state index in [4.69, 9.17) is 15.4 Å². The highest BCUT2D eigenvalue weighted by molar-refractivity contribution is 7.85. The van der Waals surface area contributed by atoms with Crippen molar-refractivity contribution < 1.29 is 27.8 Å². The van der Waals surface area contributed by atoms with Gasteiger partial charge in [-0.15, -0.1) is 0 Å². The van der Waals surface area contributed by atoms with E-state index in [2.05, 4.69) is 0 Å². The summed E-state index contributed by atoms with van der Waals surface area (Å²) in [6, 6.07) is 3.44. The molecule has 0 fully saturated rings. The van der Waals surface area contributed by atoms with Gasteiger partial charge in [0.05, 0.1) is 4.92 Å². The first-order valence-electron chi connectivity index (χ1n) is 4.76. The number of non-ortho nitro benzene ring substituents is 1. The Labute approximate surface area is 108 Å². The van der Waals surface area contributed by atoms with Gasteiger partial charge < -0.3 is 10.8 Å². The van der Waals surface area contributed by atoms with E-state index in [0.29, 0.717) is 0 Å². The topological polar surface area (TPSA) is 161 Å². The van der Waals surface area contributed by atoms with Gasteiger partial charge in [-0.25, -0.2) is 0 Å². The summed E-state index contributed by atoms with van der Waals surface area (Å²) in [7, 11) is -4.36. The Bertz CT molecular complexity index is 568. The van der Waals surface area contributed by atoms with Crippen molar-refractivity contribution in [1.82, 2.24) is 0 Å². The van der Waals surface area contributed by atoms with Crippen molar-refractivity contribution in [2.75, 3.05) is 0 Å². The molecule has 0 spiro atoms. The number of nitrogens with zero attached hydrogens (tertiary/aromatic N) is 1. The van der Waals surface area contributed by atoms with Gasteiger partial charge in [-0.1, -0.05) is 6.07 Å². The maximum Gasteiger partial charge on any atom is 0.320 e. The van der Waals surface area contributed by atoms with Gasteiger partial charge in [0.1, 0.15) is 10.9 Å². The minimum absolute atomic E-state index is 0.380. The zero-order valence-corrected chi connectivity index (χ0v) is 10.6. The van der Waals surface area contributed by atoms with Crippen LogP contribution < -0.4 is 5.73 Å². The van der Waals surface area contributed by atoms with Crippen LogP contribution >= 0.6 is 0 Å². The quantitative estimate of drug-likeness (QED) is 0.406. The van der Waals surface area contributed by atoms with Crippen molar-refractivity contribution in [3.8, 4) is 0 Å². The third-order valence-corrected chi connectivity index (χ3v) is 2.57. The third-order valence-electron chi connectivity index (χ3n) is 1.72. The number of nitro groups is 1. The van der Waals surface area contributed by atoms with Crippen molar-refractivity contribution in [2.45, 2.75) is 17.9 Å². The van der Waals surface area contributed by atoms with Gasteiger partial charge in [-0.3, -0.25) is 19.5 Å². The minimum Gasteiger partial charge on any atom is -0.480 e. The van der Waals surface area contributed by atoms with Crippen LogP contribution in [0.3, 0.4) is 0 Å². The predicted octanol–water partition coefficient (Wildman–Crippen LogP) is 0.260.